The van der Waals surface area contributed by atoms with Gasteiger partial charge >= 0.3 is 0 Å². The average molecular weight is 549 g/mol. The van der Waals surface area contributed by atoms with E-state index in [1.807, 2.05) is 0 Å². The highest BCUT2D eigenvalue weighted by molar-refractivity contribution is 6.11. The lowest BCUT2D eigenvalue weighted by Gasteiger charge is -2.18. The fourth-order valence-electron chi connectivity index (χ4n) is 7.39. The van der Waals surface area contributed by atoms with E-state index in [0.717, 1.165) is 0 Å². The van der Waals surface area contributed by atoms with Crippen molar-refractivity contribution in [2.75, 3.05) is 0 Å². The molecule has 0 aliphatic carbocycles. The highest BCUT2D eigenvalue weighted by Gasteiger charge is 2.19. The van der Waals surface area contributed by atoms with Crippen molar-refractivity contribution in [2.45, 2.75) is 67.5 Å². The first-order valence-electron chi connectivity index (χ1n) is 15.3. The smallest absolute Gasteiger partial charge is 0.0496 e. The van der Waals surface area contributed by atoms with Crippen molar-refractivity contribution in [3.8, 4) is 22.3 Å². The van der Waals surface area contributed by atoms with Crippen molar-refractivity contribution in [3.05, 3.63) is 107 Å². The third-order valence-electron chi connectivity index (χ3n) is 9.30. The lowest BCUT2D eigenvalue weighted by atomic mass is 9.88. The number of aryl methyl sites for hydroxylation is 4. The Labute approximate surface area is 249 Å². The summed E-state index contributed by atoms with van der Waals surface area (Å²) in [5.41, 5.74) is 15.8. The molecule has 2 aromatic heterocycles. The van der Waals surface area contributed by atoms with Gasteiger partial charge in [0.1, 0.15) is 0 Å². The Morgan fingerprint density at radius 1 is 0.381 bits per heavy atom. The van der Waals surface area contributed by atoms with Gasteiger partial charge in [0.2, 0.25) is 0 Å². The van der Waals surface area contributed by atoms with Gasteiger partial charge in [0, 0.05) is 55.7 Å². The molecule has 2 heteroatoms. The molecular weight excluding hydrogens is 508 g/mol. The minimum absolute atomic E-state index is 0.399. The number of hydrogen-bond acceptors (Lipinski definition) is 0. The SMILES string of the molecule is Cc1cc(-c2cc3c4ccccc4n(C(C)C)c3cc2C)c(C)cc1-c1cc2c3ccccc3n(C(C)C)c2cc1C. The summed E-state index contributed by atoms with van der Waals surface area (Å²) in [6.07, 6.45) is 0. The molecule has 0 bridgehead atoms. The maximum absolute atomic E-state index is 2.48. The maximum Gasteiger partial charge on any atom is 0.0496 e. The second-order valence-corrected chi connectivity index (χ2v) is 12.8. The summed E-state index contributed by atoms with van der Waals surface area (Å²) in [5.74, 6) is 0. The molecule has 0 saturated carbocycles. The molecule has 210 valence electrons. The van der Waals surface area contributed by atoms with Crippen LogP contribution < -0.4 is 0 Å². The fourth-order valence-corrected chi connectivity index (χ4v) is 7.39. The third-order valence-corrected chi connectivity index (χ3v) is 9.30. The van der Waals surface area contributed by atoms with E-state index in [-0.39, 0.29) is 0 Å². The maximum atomic E-state index is 2.48. The van der Waals surface area contributed by atoms with Crippen LogP contribution >= 0.6 is 0 Å². The van der Waals surface area contributed by atoms with Gasteiger partial charge in [-0.1, -0.05) is 48.5 Å². The summed E-state index contributed by atoms with van der Waals surface area (Å²) in [6, 6.07) is 33.0. The number of benzene rings is 5. The van der Waals surface area contributed by atoms with Crippen LogP contribution in [0.2, 0.25) is 0 Å². The number of rotatable bonds is 4. The number of nitrogens with zero attached hydrogens (tertiary/aromatic N) is 2. The minimum atomic E-state index is 0.399. The van der Waals surface area contributed by atoms with E-state index in [9.17, 15) is 0 Å². The van der Waals surface area contributed by atoms with Gasteiger partial charge in [-0.05, 0) is 136 Å². The van der Waals surface area contributed by atoms with E-state index in [1.165, 1.54) is 88.1 Å². The molecule has 0 saturated heterocycles. The van der Waals surface area contributed by atoms with Crippen molar-refractivity contribution < 1.29 is 0 Å². The lowest BCUT2D eigenvalue weighted by molar-refractivity contribution is 0.642. The second-order valence-electron chi connectivity index (χ2n) is 12.8. The van der Waals surface area contributed by atoms with Crippen LogP contribution in [0.5, 0.6) is 0 Å². The van der Waals surface area contributed by atoms with Crippen LogP contribution in [-0.2, 0) is 0 Å². The second kappa shape index (κ2) is 9.63. The van der Waals surface area contributed by atoms with Crippen molar-refractivity contribution in [2.24, 2.45) is 0 Å². The Hall–Kier alpha value is -4.30. The summed E-state index contributed by atoms with van der Waals surface area (Å²) in [7, 11) is 0. The van der Waals surface area contributed by atoms with Gasteiger partial charge in [-0.15, -0.1) is 0 Å². The largest absolute Gasteiger partial charge is 0.338 e. The van der Waals surface area contributed by atoms with E-state index >= 15 is 0 Å². The number of aromatic nitrogens is 2. The van der Waals surface area contributed by atoms with Gasteiger partial charge in [0.25, 0.3) is 0 Å². The van der Waals surface area contributed by atoms with E-state index in [0.29, 0.717) is 12.1 Å². The quantitative estimate of drug-likeness (QED) is 0.207. The molecular formula is C40H40N2. The summed E-state index contributed by atoms with van der Waals surface area (Å²) < 4.78 is 4.97. The Bertz CT molecular complexity index is 2020. The van der Waals surface area contributed by atoms with Gasteiger partial charge in [-0.2, -0.15) is 0 Å². The average Bonchev–Trinajstić information content (AvgIpc) is 3.45. The van der Waals surface area contributed by atoms with Crippen molar-refractivity contribution in [1.82, 2.24) is 9.13 Å². The van der Waals surface area contributed by atoms with Crippen LogP contribution in [0.3, 0.4) is 0 Å². The Kier molecular flexibility index (Phi) is 6.10. The molecule has 0 N–H and O–H groups in total. The third kappa shape index (κ3) is 3.85. The van der Waals surface area contributed by atoms with Gasteiger partial charge in [0.15, 0.2) is 0 Å². The molecule has 2 nitrogen and oxygen atoms in total. The van der Waals surface area contributed by atoms with Gasteiger partial charge < -0.3 is 9.13 Å². The summed E-state index contributed by atoms with van der Waals surface area (Å²) in [5, 5.41) is 5.34. The molecule has 7 rings (SSSR count). The molecule has 0 aliphatic rings. The molecule has 5 aromatic carbocycles. The first-order chi connectivity index (χ1) is 20.2. The van der Waals surface area contributed by atoms with Crippen molar-refractivity contribution >= 4 is 43.6 Å². The zero-order chi connectivity index (χ0) is 29.4. The highest BCUT2D eigenvalue weighted by atomic mass is 15.0. The molecule has 2 heterocycles. The zero-order valence-corrected chi connectivity index (χ0v) is 26.1. The predicted molar refractivity (Wildman–Crippen MR) is 183 cm³/mol. The minimum Gasteiger partial charge on any atom is -0.338 e. The Balaban J connectivity index is 1.42. The monoisotopic (exact) mass is 548 g/mol. The molecule has 0 atom stereocenters. The molecule has 0 unspecified atom stereocenters. The van der Waals surface area contributed by atoms with Crippen molar-refractivity contribution in [3.63, 3.8) is 0 Å². The Morgan fingerprint density at radius 2 is 0.714 bits per heavy atom. The highest BCUT2D eigenvalue weighted by Crippen LogP contribution is 2.41. The van der Waals surface area contributed by atoms with Gasteiger partial charge in [0.05, 0.1) is 0 Å². The number of hydrogen-bond donors (Lipinski definition) is 0. The standard InChI is InChI=1S/C40H40N2/c1-23(2)41-37-15-11-9-13-29(37)35-21-33(27(7)19-39(35)41)31-17-26(6)32(18-25(31)5)34-22-36-30-14-10-12-16-38(30)42(24(3)4)40(36)20-28(34)8/h9-24H,1-8H3. The van der Waals surface area contributed by atoms with Gasteiger partial charge in [-0.25, -0.2) is 0 Å². The van der Waals surface area contributed by atoms with Crippen LogP contribution in [0.1, 0.15) is 62.0 Å². The van der Waals surface area contributed by atoms with E-state index in [1.54, 1.807) is 0 Å². The fraction of sp³-hybridized carbons (Fsp3) is 0.250. The molecule has 0 spiro atoms. The normalized spacial score (nSPS) is 12.2. The number of para-hydroxylation sites is 2. The van der Waals surface area contributed by atoms with E-state index < -0.39 is 0 Å². The first-order valence-corrected chi connectivity index (χ1v) is 15.3. The van der Waals surface area contributed by atoms with Crippen LogP contribution in [0.25, 0.3) is 65.9 Å². The molecule has 0 aliphatic heterocycles. The molecule has 7 aromatic rings. The predicted octanol–water partition coefficient (Wildman–Crippen LogP) is 11.6. The van der Waals surface area contributed by atoms with Crippen LogP contribution in [0.4, 0.5) is 0 Å². The molecule has 0 fully saturated rings. The summed E-state index contributed by atoms with van der Waals surface area (Å²) in [4.78, 5) is 0. The van der Waals surface area contributed by atoms with Crippen LogP contribution in [0, 0.1) is 27.7 Å². The number of fused-ring (bicyclic) bond motifs is 6. The zero-order valence-electron chi connectivity index (χ0n) is 26.1. The van der Waals surface area contributed by atoms with Crippen molar-refractivity contribution in [1.29, 1.82) is 0 Å². The molecule has 42 heavy (non-hydrogen) atoms. The van der Waals surface area contributed by atoms with E-state index in [4.69, 9.17) is 0 Å². The van der Waals surface area contributed by atoms with Crippen LogP contribution in [0.15, 0.2) is 84.9 Å². The summed E-state index contributed by atoms with van der Waals surface area (Å²) >= 11 is 0. The Morgan fingerprint density at radius 3 is 1.10 bits per heavy atom. The first kappa shape index (κ1) is 26.6. The summed E-state index contributed by atoms with van der Waals surface area (Å²) in [6.45, 7) is 18.2. The van der Waals surface area contributed by atoms with Crippen LogP contribution in [-0.4, -0.2) is 9.13 Å². The molecule has 0 radical (unpaired) electrons. The topological polar surface area (TPSA) is 9.86 Å². The van der Waals surface area contributed by atoms with Gasteiger partial charge in [-0.3, -0.25) is 0 Å². The lowest BCUT2D eigenvalue weighted by Crippen LogP contribution is -2.00. The van der Waals surface area contributed by atoms with E-state index in [2.05, 4.69) is 149 Å². The molecule has 0 amide bonds.